The molecule has 2 aliphatic heterocycles. The highest BCUT2D eigenvalue weighted by atomic mass is 32.2. The first-order chi connectivity index (χ1) is 14.4. The number of carbonyl (C=O) groups is 2. The number of halogens is 1. The highest BCUT2D eigenvalue weighted by Gasteiger charge is 2.35. The van der Waals surface area contributed by atoms with Gasteiger partial charge in [0.2, 0.25) is 5.91 Å². The summed E-state index contributed by atoms with van der Waals surface area (Å²) in [6.45, 7) is 5.08. The second-order valence-corrected chi connectivity index (χ2v) is 10.0. The van der Waals surface area contributed by atoms with Gasteiger partial charge in [0, 0.05) is 26.2 Å². The molecule has 0 aromatic heterocycles. The molecular weight excluding hydrogens is 429 g/mol. The molecule has 164 valence electrons. The zero-order valence-electron chi connectivity index (χ0n) is 16.8. The monoisotopic (exact) mass is 456 g/mol. The third-order valence-electron chi connectivity index (χ3n) is 4.94. The minimum absolute atomic E-state index is 0.0650. The third kappa shape index (κ3) is 7.26. The number of aliphatic carboxylic acids is 1. The molecule has 1 fully saturated rings. The number of benzene rings is 1. The zero-order valence-corrected chi connectivity index (χ0v) is 18.4. The van der Waals surface area contributed by atoms with Gasteiger partial charge in [-0.1, -0.05) is 12.1 Å². The van der Waals surface area contributed by atoms with Gasteiger partial charge in [0.05, 0.1) is 23.7 Å². The van der Waals surface area contributed by atoms with E-state index in [-0.39, 0.29) is 41.3 Å². The second kappa shape index (κ2) is 11.1. The summed E-state index contributed by atoms with van der Waals surface area (Å²) in [6.07, 6.45) is -0.0388. The average Bonchev–Trinajstić information content (AvgIpc) is 3.04. The molecule has 2 unspecified atom stereocenters. The Morgan fingerprint density at radius 2 is 2.30 bits per heavy atom. The highest BCUT2D eigenvalue weighted by Crippen LogP contribution is 2.24. The van der Waals surface area contributed by atoms with Gasteiger partial charge in [0.15, 0.2) is 6.04 Å². The third-order valence-corrected chi connectivity index (χ3v) is 7.40. The van der Waals surface area contributed by atoms with Crippen LogP contribution in [-0.2, 0) is 20.9 Å². The van der Waals surface area contributed by atoms with E-state index in [1.165, 1.54) is 23.9 Å². The van der Waals surface area contributed by atoms with E-state index in [1.807, 2.05) is 13.0 Å². The Labute approximate surface area is 183 Å². The van der Waals surface area contributed by atoms with Gasteiger partial charge in [-0.25, -0.2) is 9.38 Å². The van der Waals surface area contributed by atoms with Crippen molar-refractivity contribution in [2.75, 3.05) is 32.0 Å². The Hall–Kier alpha value is -1.62. The van der Waals surface area contributed by atoms with E-state index in [0.717, 1.165) is 16.5 Å². The number of morpholine rings is 1. The lowest BCUT2D eigenvalue weighted by atomic mass is 10.2. The van der Waals surface area contributed by atoms with Crippen molar-refractivity contribution in [2.24, 2.45) is 0 Å². The number of nitrogens with one attached hydrogen (secondary N) is 2. The predicted octanol–water partition coefficient (Wildman–Crippen LogP) is 0.291. The number of carboxylic acids is 1. The van der Waals surface area contributed by atoms with Gasteiger partial charge in [-0.3, -0.25) is 14.5 Å². The lowest BCUT2D eigenvalue weighted by Gasteiger charge is -2.33. The van der Waals surface area contributed by atoms with E-state index in [0.29, 0.717) is 26.2 Å². The van der Waals surface area contributed by atoms with Crippen molar-refractivity contribution >= 4 is 39.8 Å². The van der Waals surface area contributed by atoms with E-state index < -0.39 is 5.97 Å². The number of hydrogen-bond acceptors (Lipinski definition) is 6. The maximum Gasteiger partial charge on any atom is 0.310 e. The first kappa shape index (κ1) is 23.1. The number of hydrogen-bond donors (Lipinski definition) is 3. The van der Waals surface area contributed by atoms with Crippen LogP contribution in [0.5, 0.6) is 0 Å². The van der Waals surface area contributed by atoms with Crippen molar-refractivity contribution in [1.82, 2.24) is 10.2 Å². The molecule has 0 radical (unpaired) electrons. The summed E-state index contributed by atoms with van der Waals surface area (Å²) in [6, 6.07) is 6.47. The van der Waals surface area contributed by atoms with Crippen LogP contribution in [0, 0.1) is 5.82 Å². The Morgan fingerprint density at radius 1 is 1.47 bits per heavy atom. The number of rotatable bonds is 8. The maximum absolute atomic E-state index is 13.4. The Morgan fingerprint density at radius 3 is 3.07 bits per heavy atom. The Balaban J connectivity index is 1.37. The van der Waals surface area contributed by atoms with E-state index in [9.17, 15) is 14.0 Å². The topological polar surface area (TPSA) is 92.8 Å². The van der Waals surface area contributed by atoms with Crippen molar-refractivity contribution < 1.29 is 28.8 Å². The number of carboxylic acid groups (broad SMARTS) is 1. The summed E-state index contributed by atoms with van der Waals surface area (Å²) in [5.41, 5.74) is 0.921. The van der Waals surface area contributed by atoms with Crippen LogP contribution in [0.2, 0.25) is 0 Å². The first-order valence-corrected chi connectivity index (χ1v) is 11.8. The molecule has 0 aliphatic carbocycles. The molecule has 3 atom stereocenters. The number of ether oxygens (including phenoxy) is 1. The Kier molecular flexibility index (Phi) is 8.55. The lowest BCUT2D eigenvalue weighted by Crippen LogP contribution is -2.77. The molecule has 1 saturated heterocycles. The Bertz CT molecular complexity index is 795. The molecule has 30 heavy (non-hydrogen) atoms. The fourth-order valence-electron chi connectivity index (χ4n) is 3.39. The van der Waals surface area contributed by atoms with Gasteiger partial charge >= 0.3 is 5.97 Å². The van der Waals surface area contributed by atoms with Gasteiger partial charge in [-0.05, 0) is 48.1 Å². The van der Waals surface area contributed by atoms with E-state index in [4.69, 9.17) is 9.84 Å². The normalized spacial score (nSPS) is 24.5. The molecule has 0 saturated carbocycles. The molecular formula is C20H27FN3O4S2+. The van der Waals surface area contributed by atoms with Crippen LogP contribution < -0.4 is 10.3 Å². The van der Waals surface area contributed by atoms with Crippen LogP contribution >= 0.6 is 23.5 Å². The number of thioether (sulfide) groups is 2. The van der Waals surface area contributed by atoms with Gasteiger partial charge in [-0.15, -0.1) is 0 Å². The summed E-state index contributed by atoms with van der Waals surface area (Å²) < 4.78 is 20.0. The summed E-state index contributed by atoms with van der Waals surface area (Å²) >= 11 is 2.97. The fraction of sp³-hybridized carbons (Fsp3) is 0.550. The van der Waals surface area contributed by atoms with E-state index in [2.05, 4.69) is 15.2 Å². The maximum atomic E-state index is 13.4. The number of nitrogens with zero attached hydrogens (tertiary/aromatic N) is 1. The quantitative estimate of drug-likeness (QED) is 0.518. The minimum atomic E-state index is -0.831. The SMILES string of the molecule is CC1SC(SCC(=O)NC[C@H]2CN(Cc3cccc(F)c3)CCO2)=[NH+]C1CC(=O)O. The highest BCUT2D eigenvalue weighted by molar-refractivity contribution is 8.39. The molecule has 3 rings (SSSR count). The van der Waals surface area contributed by atoms with Crippen molar-refractivity contribution in [3.8, 4) is 0 Å². The molecule has 1 aromatic carbocycles. The van der Waals surface area contributed by atoms with E-state index >= 15 is 0 Å². The van der Waals surface area contributed by atoms with Crippen LogP contribution in [0.3, 0.4) is 0 Å². The molecule has 2 aliphatic rings. The summed E-state index contributed by atoms with van der Waals surface area (Å²) in [7, 11) is 0. The number of carbonyl (C=O) groups excluding carboxylic acids is 1. The molecule has 0 bridgehead atoms. The first-order valence-electron chi connectivity index (χ1n) is 9.89. The lowest BCUT2D eigenvalue weighted by molar-refractivity contribution is -0.491. The van der Waals surface area contributed by atoms with Crippen molar-refractivity contribution in [3.05, 3.63) is 35.6 Å². The molecule has 1 aromatic rings. The number of amides is 1. The van der Waals surface area contributed by atoms with Gasteiger partial charge in [0.25, 0.3) is 4.38 Å². The van der Waals surface area contributed by atoms with Crippen LogP contribution in [0.25, 0.3) is 0 Å². The molecule has 3 N–H and O–H groups in total. The van der Waals surface area contributed by atoms with Crippen molar-refractivity contribution in [3.63, 3.8) is 0 Å². The molecule has 1 amide bonds. The van der Waals surface area contributed by atoms with Gasteiger partial charge in [-0.2, -0.15) is 0 Å². The average molecular weight is 457 g/mol. The minimum Gasteiger partial charge on any atom is -0.481 e. The standard InChI is InChI=1S/C20H26FN3O4S2/c1-13-17(8-19(26)27)23-20(30-13)29-12-18(25)22-9-16-11-24(5-6-28-16)10-14-3-2-4-15(21)7-14/h2-4,7,13,16-17H,5-6,8-12H2,1H3,(H,22,25)(H,26,27)/p+1/t13?,16-,17?/m0/s1. The molecule has 0 spiro atoms. The van der Waals surface area contributed by atoms with Crippen molar-refractivity contribution in [2.45, 2.75) is 37.3 Å². The van der Waals surface area contributed by atoms with Crippen LogP contribution in [0.1, 0.15) is 18.9 Å². The van der Waals surface area contributed by atoms with Crippen molar-refractivity contribution in [1.29, 1.82) is 0 Å². The van der Waals surface area contributed by atoms with Gasteiger partial charge < -0.3 is 15.2 Å². The van der Waals surface area contributed by atoms with E-state index in [1.54, 1.807) is 17.8 Å². The summed E-state index contributed by atoms with van der Waals surface area (Å²) in [5, 5.41) is 12.0. The molecule has 7 nitrogen and oxygen atoms in total. The van der Waals surface area contributed by atoms with Crippen LogP contribution in [0.15, 0.2) is 24.3 Å². The fourth-order valence-corrected chi connectivity index (χ4v) is 5.77. The summed E-state index contributed by atoms with van der Waals surface area (Å²) in [5.74, 6) is -0.891. The predicted molar refractivity (Wildman–Crippen MR) is 116 cm³/mol. The smallest absolute Gasteiger partial charge is 0.310 e. The summed E-state index contributed by atoms with van der Waals surface area (Å²) in [4.78, 5) is 28.5. The zero-order chi connectivity index (χ0) is 21.5. The van der Waals surface area contributed by atoms with Crippen LogP contribution in [0.4, 0.5) is 4.39 Å². The second-order valence-electron chi connectivity index (χ2n) is 7.41. The molecule has 10 heteroatoms. The molecule has 2 heterocycles. The van der Waals surface area contributed by atoms with Gasteiger partial charge in [0.1, 0.15) is 12.2 Å². The largest absolute Gasteiger partial charge is 0.481 e. The van der Waals surface area contributed by atoms with Crippen LogP contribution in [-0.4, -0.2) is 75.6 Å².